The van der Waals surface area contributed by atoms with Gasteiger partial charge in [0.15, 0.2) is 0 Å². The van der Waals surface area contributed by atoms with Crippen molar-refractivity contribution in [1.82, 2.24) is 10.2 Å². The fourth-order valence-corrected chi connectivity index (χ4v) is 1.47. The van der Waals surface area contributed by atoms with Crippen LogP contribution in [0.15, 0.2) is 0 Å². The van der Waals surface area contributed by atoms with Crippen LogP contribution < -0.4 is 5.32 Å². The minimum Gasteiger partial charge on any atom is -0.374 e. The molecular formula is C11H19N3O2. The molecule has 0 saturated carbocycles. The Morgan fingerprint density at radius 3 is 2.94 bits per heavy atom. The summed E-state index contributed by atoms with van der Waals surface area (Å²) < 4.78 is 5.51. The number of morpholine rings is 1. The quantitative estimate of drug-likeness (QED) is 0.733. The SMILES string of the molecule is CN1CCOC(CNC(=O)C(C)(C)C#N)C1. The van der Waals surface area contributed by atoms with Gasteiger partial charge < -0.3 is 15.0 Å². The summed E-state index contributed by atoms with van der Waals surface area (Å²) in [5, 5.41) is 11.5. The van der Waals surface area contributed by atoms with Crippen LogP contribution in [-0.4, -0.2) is 50.2 Å². The third kappa shape index (κ3) is 3.47. The van der Waals surface area contributed by atoms with Crippen LogP contribution in [0.5, 0.6) is 0 Å². The van der Waals surface area contributed by atoms with Gasteiger partial charge in [-0.1, -0.05) is 0 Å². The predicted octanol–water partition coefficient (Wildman–Crippen LogP) is -0.0170. The number of hydrogen-bond donors (Lipinski definition) is 1. The Hall–Kier alpha value is -1.12. The molecule has 0 radical (unpaired) electrons. The summed E-state index contributed by atoms with van der Waals surface area (Å²) in [7, 11) is 2.02. The molecule has 0 aliphatic carbocycles. The Balaban J connectivity index is 2.35. The molecule has 1 amide bonds. The second kappa shape index (κ2) is 5.28. The van der Waals surface area contributed by atoms with E-state index in [1.54, 1.807) is 13.8 Å². The Morgan fingerprint density at radius 2 is 2.38 bits per heavy atom. The molecular weight excluding hydrogens is 206 g/mol. The first kappa shape index (κ1) is 12.9. The first-order valence-corrected chi connectivity index (χ1v) is 5.45. The number of likely N-dealkylation sites (N-methyl/N-ethyl adjacent to an activating group) is 1. The normalized spacial score (nSPS) is 22.5. The Kier molecular flexibility index (Phi) is 4.27. The molecule has 0 aromatic carbocycles. The Morgan fingerprint density at radius 1 is 1.69 bits per heavy atom. The zero-order valence-electron chi connectivity index (χ0n) is 10.1. The number of nitriles is 1. The van der Waals surface area contributed by atoms with Gasteiger partial charge in [0.25, 0.3) is 0 Å². The molecule has 5 heteroatoms. The van der Waals surface area contributed by atoms with Gasteiger partial charge in [0.1, 0.15) is 5.41 Å². The van der Waals surface area contributed by atoms with Gasteiger partial charge >= 0.3 is 0 Å². The fraction of sp³-hybridized carbons (Fsp3) is 0.818. The molecule has 1 rings (SSSR count). The van der Waals surface area contributed by atoms with Crippen molar-refractivity contribution in [1.29, 1.82) is 5.26 Å². The lowest BCUT2D eigenvalue weighted by atomic mass is 9.95. The summed E-state index contributed by atoms with van der Waals surface area (Å²) in [6, 6.07) is 1.97. The van der Waals surface area contributed by atoms with Gasteiger partial charge in [-0.15, -0.1) is 0 Å². The summed E-state index contributed by atoms with van der Waals surface area (Å²) >= 11 is 0. The molecule has 1 N–H and O–H groups in total. The number of carbonyl (C=O) groups is 1. The van der Waals surface area contributed by atoms with E-state index < -0.39 is 5.41 Å². The number of nitrogens with zero attached hydrogens (tertiary/aromatic N) is 2. The van der Waals surface area contributed by atoms with Crippen molar-refractivity contribution in [3.63, 3.8) is 0 Å². The lowest BCUT2D eigenvalue weighted by molar-refractivity contribution is -0.127. The smallest absolute Gasteiger partial charge is 0.239 e. The number of amides is 1. The number of ether oxygens (including phenoxy) is 1. The first-order chi connectivity index (χ1) is 7.45. The maximum Gasteiger partial charge on any atom is 0.239 e. The van der Waals surface area contributed by atoms with Crippen LogP contribution in [-0.2, 0) is 9.53 Å². The lowest BCUT2D eigenvalue weighted by Gasteiger charge is -2.30. The predicted molar refractivity (Wildman–Crippen MR) is 59.6 cm³/mol. The Bertz CT molecular complexity index is 296. The van der Waals surface area contributed by atoms with E-state index in [0.29, 0.717) is 13.2 Å². The number of nitrogens with one attached hydrogen (secondary N) is 1. The summed E-state index contributed by atoms with van der Waals surface area (Å²) in [5.74, 6) is -0.244. The highest BCUT2D eigenvalue weighted by Gasteiger charge is 2.28. The van der Waals surface area contributed by atoms with E-state index >= 15 is 0 Å². The van der Waals surface area contributed by atoms with Crippen molar-refractivity contribution in [2.45, 2.75) is 20.0 Å². The molecule has 0 spiro atoms. The van der Waals surface area contributed by atoms with E-state index in [1.165, 1.54) is 0 Å². The molecule has 90 valence electrons. The first-order valence-electron chi connectivity index (χ1n) is 5.45. The van der Waals surface area contributed by atoms with Gasteiger partial charge in [-0.2, -0.15) is 5.26 Å². The van der Waals surface area contributed by atoms with Crippen LogP contribution in [0.3, 0.4) is 0 Å². The van der Waals surface area contributed by atoms with Crippen molar-refractivity contribution in [2.75, 3.05) is 33.3 Å². The van der Waals surface area contributed by atoms with Crippen molar-refractivity contribution >= 4 is 5.91 Å². The van der Waals surface area contributed by atoms with Gasteiger partial charge in [-0.25, -0.2) is 0 Å². The minimum atomic E-state index is -0.972. The van der Waals surface area contributed by atoms with Gasteiger partial charge in [0, 0.05) is 19.6 Å². The number of rotatable bonds is 3. The zero-order chi connectivity index (χ0) is 12.2. The van der Waals surface area contributed by atoms with E-state index in [-0.39, 0.29) is 12.0 Å². The Labute approximate surface area is 96.4 Å². The summed E-state index contributed by atoms with van der Waals surface area (Å²) in [4.78, 5) is 13.8. The van der Waals surface area contributed by atoms with E-state index in [9.17, 15) is 4.79 Å². The molecule has 1 atom stereocenters. The highest BCUT2D eigenvalue weighted by Crippen LogP contribution is 2.12. The van der Waals surface area contributed by atoms with Crippen LogP contribution >= 0.6 is 0 Å². The second-order valence-corrected chi connectivity index (χ2v) is 4.70. The van der Waals surface area contributed by atoms with Crippen molar-refractivity contribution in [3.05, 3.63) is 0 Å². The van der Waals surface area contributed by atoms with Crippen molar-refractivity contribution in [3.8, 4) is 6.07 Å². The third-order valence-corrected chi connectivity index (χ3v) is 2.68. The van der Waals surface area contributed by atoms with Gasteiger partial charge in [-0.05, 0) is 20.9 Å². The maximum atomic E-state index is 11.6. The number of carbonyl (C=O) groups excluding carboxylic acids is 1. The van der Waals surface area contributed by atoms with Crippen LogP contribution in [0.2, 0.25) is 0 Å². The molecule has 1 saturated heterocycles. The van der Waals surface area contributed by atoms with E-state index in [1.807, 2.05) is 13.1 Å². The second-order valence-electron chi connectivity index (χ2n) is 4.70. The largest absolute Gasteiger partial charge is 0.374 e. The minimum absolute atomic E-state index is 0.0252. The molecule has 1 heterocycles. The summed E-state index contributed by atoms with van der Waals surface area (Å²) in [6.07, 6.45) is 0.0252. The molecule has 1 aliphatic rings. The zero-order valence-corrected chi connectivity index (χ0v) is 10.1. The summed E-state index contributed by atoms with van der Waals surface area (Å²) in [6.45, 7) is 6.11. The average Bonchev–Trinajstić information content (AvgIpc) is 2.26. The fourth-order valence-electron chi connectivity index (χ4n) is 1.47. The van der Waals surface area contributed by atoms with Crippen LogP contribution in [0, 0.1) is 16.7 Å². The highest BCUT2D eigenvalue weighted by molar-refractivity contribution is 5.84. The molecule has 5 nitrogen and oxygen atoms in total. The average molecular weight is 225 g/mol. The van der Waals surface area contributed by atoms with E-state index in [0.717, 1.165) is 13.1 Å². The topological polar surface area (TPSA) is 65.4 Å². The third-order valence-electron chi connectivity index (χ3n) is 2.68. The van der Waals surface area contributed by atoms with Crippen LogP contribution in [0.1, 0.15) is 13.8 Å². The maximum absolute atomic E-state index is 11.6. The molecule has 1 unspecified atom stereocenters. The van der Waals surface area contributed by atoms with Gasteiger partial charge in [-0.3, -0.25) is 4.79 Å². The standard InChI is InChI=1S/C11H19N3O2/c1-11(2,8-12)10(15)13-6-9-7-14(3)4-5-16-9/h9H,4-7H2,1-3H3,(H,13,15). The molecule has 0 aromatic heterocycles. The molecule has 0 aromatic rings. The van der Waals surface area contributed by atoms with E-state index in [2.05, 4.69) is 10.2 Å². The molecule has 1 aliphatic heterocycles. The van der Waals surface area contributed by atoms with E-state index in [4.69, 9.17) is 10.00 Å². The summed E-state index contributed by atoms with van der Waals surface area (Å²) in [5.41, 5.74) is -0.972. The van der Waals surface area contributed by atoms with Gasteiger partial charge in [0.05, 0.1) is 18.8 Å². The monoisotopic (exact) mass is 225 g/mol. The van der Waals surface area contributed by atoms with Crippen molar-refractivity contribution < 1.29 is 9.53 Å². The lowest BCUT2D eigenvalue weighted by Crippen LogP contribution is -2.47. The van der Waals surface area contributed by atoms with Crippen LogP contribution in [0.4, 0.5) is 0 Å². The molecule has 1 fully saturated rings. The highest BCUT2D eigenvalue weighted by atomic mass is 16.5. The van der Waals surface area contributed by atoms with Gasteiger partial charge in [0.2, 0.25) is 5.91 Å². The van der Waals surface area contributed by atoms with Crippen LogP contribution in [0.25, 0.3) is 0 Å². The van der Waals surface area contributed by atoms with Crippen molar-refractivity contribution in [2.24, 2.45) is 5.41 Å². The number of hydrogen-bond acceptors (Lipinski definition) is 4. The molecule has 0 bridgehead atoms. The molecule has 16 heavy (non-hydrogen) atoms.